The molecule has 0 saturated carbocycles. The molecule has 13 heavy (non-hydrogen) atoms. The second-order valence-electron chi connectivity index (χ2n) is 3.97. The average Bonchev–Trinajstić information content (AvgIpc) is 2.55. The van der Waals surface area contributed by atoms with E-state index in [1.807, 2.05) is 0 Å². The third-order valence-electron chi connectivity index (χ3n) is 2.65. The first kappa shape index (κ1) is 8.56. The fourth-order valence-corrected chi connectivity index (χ4v) is 1.93. The number of fused-ring (bicyclic) bond motifs is 1. The SMILES string of the molecule is CC(C)C1NCc2c1[nH]n(C)c2=O. The van der Waals surface area contributed by atoms with Gasteiger partial charge in [-0.1, -0.05) is 13.8 Å². The van der Waals surface area contributed by atoms with Crippen molar-refractivity contribution in [3.8, 4) is 0 Å². The molecule has 0 fully saturated rings. The van der Waals surface area contributed by atoms with Crippen LogP contribution in [0.25, 0.3) is 0 Å². The van der Waals surface area contributed by atoms with Crippen LogP contribution in [-0.4, -0.2) is 9.78 Å². The van der Waals surface area contributed by atoms with Gasteiger partial charge < -0.3 is 5.32 Å². The molecule has 0 amide bonds. The Morgan fingerprint density at radius 2 is 2.23 bits per heavy atom. The van der Waals surface area contributed by atoms with Gasteiger partial charge in [-0.15, -0.1) is 0 Å². The molecule has 2 rings (SSSR count). The number of hydrogen-bond donors (Lipinski definition) is 2. The van der Waals surface area contributed by atoms with Gasteiger partial charge >= 0.3 is 0 Å². The van der Waals surface area contributed by atoms with Crippen molar-refractivity contribution in [2.75, 3.05) is 0 Å². The van der Waals surface area contributed by atoms with Crippen molar-refractivity contribution in [1.82, 2.24) is 15.1 Å². The van der Waals surface area contributed by atoms with Gasteiger partial charge in [0.2, 0.25) is 0 Å². The number of aromatic amines is 1. The van der Waals surface area contributed by atoms with Crippen molar-refractivity contribution < 1.29 is 0 Å². The molecular weight excluding hydrogens is 166 g/mol. The number of aryl methyl sites for hydroxylation is 1. The Bertz CT molecular complexity index is 375. The predicted molar refractivity (Wildman–Crippen MR) is 50.5 cm³/mol. The zero-order chi connectivity index (χ0) is 9.59. The Morgan fingerprint density at radius 3 is 2.85 bits per heavy atom. The van der Waals surface area contributed by atoms with Crippen LogP contribution >= 0.6 is 0 Å². The summed E-state index contributed by atoms with van der Waals surface area (Å²) in [5, 5.41) is 6.42. The Balaban J connectivity index is 2.49. The minimum atomic E-state index is 0.102. The molecule has 1 aromatic heterocycles. The number of nitrogens with one attached hydrogen (secondary N) is 2. The minimum absolute atomic E-state index is 0.102. The van der Waals surface area contributed by atoms with Crippen LogP contribution in [0.1, 0.15) is 31.1 Å². The molecule has 0 saturated heterocycles. The second kappa shape index (κ2) is 2.73. The van der Waals surface area contributed by atoms with E-state index >= 15 is 0 Å². The molecule has 4 nitrogen and oxygen atoms in total. The van der Waals surface area contributed by atoms with E-state index < -0.39 is 0 Å². The fourth-order valence-electron chi connectivity index (χ4n) is 1.93. The standard InChI is InChI=1S/C9H15N3O/c1-5(2)7-8-6(4-10-7)9(13)12(3)11-8/h5,7,10-11H,4H2,1-3H3. The molecule has 1 atom stereocenters. The maximum Gasteiger partial charge on any atom is 0.271 e. The lowest BCUT2D eigenvalue weighted by Gasteiger charge is -2.14. The van der Waals surface area contributed by atoms with Crippen LogP contribution in [0.5, 0.6) is 0 Å². The lowest BCUT2D eigenvalue weighted by molar-refractivity contribution is 0.426. The number of aromatic nitrogens is 2. The Hall–Kier alpha value is -1.03. The average molecular weight is 181 g/mol. The third kappa shape index (κ3) is 1.13. The van der Waals surface area contributed by atoms with Gasteiger partial charge in [0, 0.05) is 13.6 Å². The molecule has 2 heterocycles. The Morgan fingerprint density at radius 1 is 1.54 bits per heavy atom. The molecule has 0 bridgehead atoms. The highest BCUT2D eigenvalue weighted by atomic mass is 16.1. The number of hydrogen-bond acceptors (Lipinski definition) is 2. The quantitative estimate of drug-likeness (QED) is 0.663. The second-order valence-corrected chi connectivity index (χ2v) is 3.97. The predicted octanol–water partition coefficient (Wildman–Crippen LogP) is 0.514. The normalized spacial score (nSPS) is 21.1. The monoisotopic (exact) mass is 181 g/mol. The first-order valence-corrected chi connectivity index (χ1v) is 4.62. The zero-order valence-corrected chi connectivity index (χ0v) is 8.22. The highest BCUT2D eigenvalue weighted by Crippen LogP contribution is 2.26. The molecule has 0 aromatic carbocycles. The summed E-state index contributed by atoms with van der Waals surface area (Å²) in [5.74, 6) is 0.513. The van der Waals surface area contributed by atoms with Gasteiger partial charge in [0.05, 0.1) is 17.3 Å². The van der Waals surface area contributed by atoms with Crippen LogP contribution in [0.3, 0.4) is 0 Å². The molecule has 1 unspecified atom stereocenters. The Kier molecular flexibility index (Phi) is 1.80. The van der Waals surface area contributed by atoms with Crippen LogP contribution in [-0.2, 0) is 13.6 Å². The molecule has 1 aromatic rings. The van der Waals surface area contributed by atoms with Gasteiger partial charge in [-0.05, 0) is 5.92 Å². The van der Waals surface area contributed by atoms with Crippen LogP contribution in [0, 0.1) is 5.92 Å². The van der Waals surface area contributed by atoms with Crippen molar-refractivity contribution in [2.45, 2.75) is 26.4 Å². The molecular formula is C9H15N3O. The molecule has 1 aliphatic rings. The van der Waals surface area contributed by atoms with Crippen LogP contribution in [0.4, 0.5) is 0 Å². The summed E-state index contributed by atoms with van der Waals surface area (Å²) in [6, 6.07) is 0.309. The van der Waals surface area contributed by atoms with Gasteiger partial charge in [0.25, 0.3) is 5.56 Å². The maximum atomic E-state index is 11.5. The van der Waals surface area contributed by atoms with Crippen LogP contribution in [0.15, 0.2) is 4.79 Å². The molecule has 2 N–H and O–H groups in total. The zero-order valence-electron chi connectivity index (χ0n) is 8.22. The first-order valence-electron chi connectivity index (χ1n) is 4.62. The van der Waals surface area contributed by atoms with Gasteiger partial charge in [-0.2, -0.15) is 0 Å². The Labute approximate surface area is 76.9 Å². The van der Waals surface area contributed by atoms with Crippen LogP contribution in [0.2, 0.25) is 0 Å². The van der Waals surface area contributed by atoms with Crippen molar-refractivity contribution in [3.05, 3.63) is 21.6 Å². The van der Waals surface area contributed by atoms with Crippen molar-refractivity contribution in [3.63, 3.8) is 0 Å². The number of nitrogens with zero attached hydrogens (tertiary/aromatic N) is 1. The molecule has 1 aliphatic heterocycles. The summed E-state index contributed by atoms with van der Waals surface area (Å²) in [6.45, 7) is 5.00. The fraction of sp³-hybridized carbons (Fsp3) is 0.667. The van der Waals surface area contributed by atoms with E-state index in [0.717, 1.165) is 11.3 Å². The number of rotatable bonds is 1. The molecule has 4 heteroatoms. The molecule has 0 spiro atoms. The summed E-state index contributed by atoms with van der Waals surface area (Å²) in [4.78, 5) is 11.5. The highest BCUT2D eigenvalue weighted by Gasteiger charge is 2.28. The summed E-state index contributed by atoms with van der Waals surface area (Å²) in [7, 11) is 1.76. The summed E-state index contributed by atoms with van der Waals surface area (Å²) in [6.07, 6.45) is 0. The van der Waals surface area contributed by atoms with E-state index in [2.05, 4.69) is 24.3 Å². The van der Waals surface area contributed by atoms with E-state index in [9.17, 15) is 4.79 Å². The van der Waals surface area contributed by atoms with E-state index in [1.165, 1.54) is 0 Å². The maximum absolute atomic E-state index is 11.5. The van der Waals surface area contributed by atoms with Gasteiger partial charge in [0.1, 0.15) is 0 Å². The highest BCUT2D eigenvalue weighted by molar-refractivity contribution is 5.25. The molecule has 0 radical (unpaired) electrons. The summed E-state index contributed by atoms with van der Waals surface area (Å²) in [5.41, 5.74) is 2.08. The lowest BCUT2D eigenvalue weighted by atomic mass is 10.0. The number of H-pyrrole nitrogens is 1. The van der Waals surface area contributed by atoms with Gasteiger partial charge in [-0.3, -0.25) is 14.6 Å². The van der Waals surface area contributed by atoms with E-state index in [-0.39, 0.29) is 5.56 Å². The van der Waals surface area contributed by atoms with E-state index in [0.29, 0.717) is 18.5 Å². The van der Waals surface area contributed by atoms with Crippen molar-refractivity contribution in [2.24, 2.45) is 13.0 Å². The lowest BCUT2D eigenvalue weighted by Crippen LogP contribution is -2.22. The topological polar surface area (TPSA) is 49.8 Å². The molecule has 72 valence electrons. The smallest absolute Gasteiger partial charge is 0.271 e. The largest absolute Gasteiger partial charge is 0.304 e. The first-order chi connectivity index (χ1) is 6.11. The molecule has 0 aliphatic carbocycles. The van der Waals surface area contributed by atoms with Gasteiger partial charge in [-0.25, -0.2) is 0 Å². The van der Waals surface area contributed by atoms with E-state index in [4.69, 9.17) is 0 Å². The van der Waals surface area contributed by atoms with Crippen molar-refractivity contribution in [1.29, 1.82) is 0 Å². The third-order valence-corrected chi connectivity index (χ3v) is 2.65. The van der Waals surface area contributed by atoms with Crippen molar-refractivity contribution >= 4 is 0 Å². The minimum Gasteiger partial charge on any atom is -0.304 e. The summed E-state index contributed by atoms with van der Waals surface area (Å²) < 4.78 is 1.56. The van der Waals surface area contributed by atoms with Crippen LogP contribution < -0.4 is 10.9 Å². The summed E-state index contributed by atoms with van der Waals surface area (Å²) >= 11 is 0. The van der Waals surface area contributed by atoms with Gasteiger partial charge in [0.15, 0.2) is 0 Å². The van der Waals surface area contributed by atoms with E-state index in [1.54, 1.807) is 11.7 Å².